The Balaban J connectivity index is 1.89. The van der Waals surface area contributed by atoms with E-state index in [1.165, 1.54) is 23.5 Å². The predicted octanol–water partition coefficient (Wildman–Crippen LogP) is 4.27. The molecule has 0 saturated heterocycles. The Bertz CT molecular complexity index is 971. The van der Waals surface area contributed by atoms with Crippen molar-refractivity contribution in [1.82, 2.24) is 4.98 Å². The summed E-state index contributed by atoms with van der Waals surface area (Å²) in [6.45, 7) is 0. The van der Waals surface area contributed by atoms with Crippen molar-refractivity contribution in [2.75, 3.05) is 11.8 Å². The van der Waals surface area contributed by atoms with Crippen molar-refractivity contribution in [2.24, 2.45) is 0 Å². The standard InChI is InChI=1S/C16H13ClN2O3S2/c1-22-15-8-3-2-7-13(15)14-10-23-16(18-14)19-24(20,21)12-6-4-5-11(17)9-12/h2-10H,1H3,(H,18,19). The van der Waals surface area contributed by atoms with Crippen LogP contribution in [-0.4, -0.2) is 20.5 Å². The zero-order valence-corrected chi connectivity index (χ0v) is 15.0. The summed E-state index contributed by atoms with van der Waals surface area (Å²) in [4.78, 5) is 4.42. The lowest BCUT2D eigenvalue weighted by Crippen LogP contribution is -2.12. The van der Waals surface area contributed by atoms with Gasteiger partial charge in [-0.1, -0.05) is 29.8 Å². The lowest BCUT2D eigenvalue weighted by molar-refractivity contribution is 0.416. The smallest absolute Gasteiger partial charge is 0.263 e. The Morgan fingerprint density at radius 2 is 1.96 bits per heavy atom. The number of benzene rings is 2. The molecule has 0 aliphatic rings. The fourth-order valence-electron chi connectivity index (χ4n) is 2.11. The van der Waals surface area contributed by atoms with Crippen molar-refractivity contribution in [3.8, 4) is 17.0 Å². The highest BCUT2D eigenvalue weighted by atomic mass is 35.5. The number of nitrogens with one attached hydrogen (secondary N) is 1. The van der Waals surface area contributed by atoms with Crippen LogP contribution in [0.2, 0.25) is 5.02 Å². The van der Waals surface area contributed by atoms with Gasteiger partial charge in [0.15, 0.2) is 5.13 Å². The molecule has 0 saturated carbocycles. The highest BCUT2D eigenvalue weighted by Crippen LogP contribution is 2.32. The fourth-order valence-corrected chi connectivity index (χ4v) is 4.37. The second-order valence-corrected chi connectivity index (χ2v) is 7.78. The van der Waals surface area contributed by atoms with E-state index < -0.39 is 10.0 Å². The van der Waals surface area contributed by atoms with Gasteiger partial charge in [-0.2, -0.15) is 0 Å². The molecule has 1 N–H and O–H groups in total. The molecule has 0 fully saturated rings. The monoisotopic (exact) mass is 380 g/mol. The molecule has 0 atom stereocenters. The predicted molar refractivity (Wildman–Crippen MR) is 96.4 cm³/mol. The molecule has 5 nitrogen and oxygen atoms in total. The van der Waals surface area contributed by atoms with Crippen LogP contribution in [0.25, 0.3) is 11.3 Å². The lowest BCUT2D eigenvalue weighted by atomic mass is 10.1. The maximum absolute atomic E-state index is 12.4. The van der Waals surface area contributed by atoms with Gasteiger partial charge in [0.05, 0.1) is 17.7 Å². The second-order valence-electron chi connectivity index (χ2n) is 4.80. The Kier molecular flexibility index (Phi) is 4.75. The van der Waals surface area contributed by atoms with Gasteiger partial charge in [-0.05, 0) is 30.3 Å². The number of para-hydroxylation sites is 1. The molecular formula is C16H13ClN2O3S2. The number of nitrogens with zero attached hydrogens (tertiary/aromatic N) is 1. The largest absolute Gasteiger partial charge is 0.496 e. The summed E-state index contributed by atoms with van der Waals surface area (Å²) < 4.78 is 32.6. The lowest BCUT2D eigenvalue weighted by Gasteiger charge is -2.06. The van der Waals surface area contributed by atoms with Gasteiger partial charge in [-0.25, -0.2) is 13.4 Å². The van der Waals surface area contributed by atoms with Crippen molar-refractivity contribution >= 4 is 38.1 Å². The highest BCUT2D eigenvalue weighted by molar-refractivity contribution is 7.93. The van der Waals surface area contributed by atoms with Crippen LogP contribution in [0.3, 0.4) is 0 Å². The number of halogens is 1. The summed E-state index contributed by atoms with van der Waals surface area (Å²) in [7, 11) is -2.16. The van der Waals surface area contributed by atoms with Crippen LogP contribution < -0.4 is 9.46 Å². The normalized spacial score (nSPS) is 11.2. The van der Waals surface area contributed by atoms with Crippen molar-refractivity contribution < 1.29 is 13.2 Å². The van der Waals surface area contributed by atoms with Crippen molar-refractivity contribution in [3.05, 3.63) is 58.9 Å². The summed E-state index contributed by atoms with van der Waals surface area (Å²) in [5.74, 6) is 0.673. The van der Waals surface area contributed by atoms with Crippen LogP contribution in [0.4, 0.5) is 5.13 Å². The van der Waals surface area contributed by atoms with E-state index >= 15 is 0 Å². The number of methoxy groups -OCH3 is 1. The number of aromatic nitrogens is 1. The van der Waals surface area contributed by atoms with Crippen molar-refractivity contribution in [3.63, 3.8) is 0 Å². The molecule has 0 aliphatic heterocycles. The molecular weight excluding hydrogens is 368 g/mol. The summed E-state index contributed by atoms with van der Waals surface area (Å²) in [5.41, 5.74) is 1.44. The first-order valence-corrected chi connectivity index (χ1v) is 9.61. The molecule has 0 unspecified atom stereocenters. The summed E-state index contributed by atoms with van der Waals surface area (Å²) in [6.07, 6.45) is 0. The van der Waals surface area contributed by atoms with Crippen LogP contribution in [-0.2, 0) is 10.0 Å². The van der Waals surface area contributed by atoms with E-state index in [2.05, 4.69) is 9.71 Å². The minimum Gasteiger partial charge on any atom is -0.496 e. The Morgan fingerprint density at radius 3 is 2.71 bits per heavy atom. The molecule has 0 radical (unpaired) electrons. The molecule has 0 aliphatic carbocycles. The molecule has 0 spiro atoms. The number of hydrogen-bond acceptors (Lipinski definition) is 5. The van der Waals surface area contributed by atoms with E-state index in [-0.39, 0.29) is 10.0 Å². The van der Waals surface area contributed by atoms with E-state index in [0.717, 1.165) is 5.56 Å². The number of ether oxygens (including phenoxy) is 1. The summed E-state index contributed by atoms with van der Waals surface area (Å²) >= 11 is 7.05. The van der Waals surface area contributed by atoms with Gasteiger partial charge in [0, 0.05) is 16.0 Å². The first-order chi connectivity index (χ1) is 11.5. The molecule has 3 aromatic rings. The number of anilines is 1. The zero-order chi connectivity index (χ0) is 17.2. The minimum absolute atomic E-state index is 0.0871. The zero-order valence-electron chi connectivity index (χ0n) is 12.6. The average molecular weight is 381 g/mol. The minimum atomic E-state index is -3.74. The van der Waals surface area contributed by atoms with Gasteiger partial charge in [-0.15, -0.1) is 11.3 Å². The molecule has 0 bridgehead atoms. The number of hydrogen-bond donors (Lipinski definition) is 1. The summed E-state index contributed by atoms with van der Waals surface area (Å²) in [5, 5.41) is 2.40. The first kappa shape index (κ1) is 16.8. The third-order valence-electron chi connectivity index (χ3n) is 3.22. The van der Waals surface area contributed by atoms with E-state index in [4.69, 9.17) is 16.3 Å². The summed E-state index contributed by atoms with van der Waals surface area (Å²) in [6, 6.07) is 13.5. The average Bonchev–Trinajstić information content (AvgIpc) is 3.02. The number of rotatable bonds is 5. The SMILES string of the molecule is COc1ccccc1-c1csc(NS(=O)(=O)c2cccc(Cl)c2)n1. The van der Waals surface area contributed by atoms with Crippen LogP contribution in [0, 0.1) is 0 Å². The van der Waals surface area contributed by atoms with Gasteiger partial charge < -0.3 is 4.74 Å². The van der Waals surface area contributed by atoms with E-state index in [1.807, 2.05) is 24.3 Å². The quantitative estimate of drug-likeness (QED) is 0.717. The molecule has 24 heavy (non-hydrogen) atoms. The number of sulfonamides is 1. The fraction of sp³-hybridized carbons (Fsp3) is 0.0625. The first-order valence-electron chi connectivity index (χ1n) is 6.87. The van der Waals surface area contributed by atoms with Crippen LogP contribution in [0.1, 0.15) is 0 Å². The van der Waals surface area contributed by atoms with Gasteiger partial charge >= 0.3 is 0 Å². The van der Waals surface area contributed by atoms with E-state index in [1.54, 1.807) is 24.6 Å². The van der Waals surface area contributed by atoms with Gasteiger partial charge in [0.2, 0.25) is 0 Å². The Morgan fingerprint density at radius 1 is 1.17 bits per heavy atom. The molecule has 1 aromatic heterocycles. The highest BCUT2D eigenvalue weighted by Gasteiger charge is 2.17. The van der Waals surface area contributed by atoms with Gasteiger partial charge in [0.1, 0.15) is 5.75 Å². The van der Waals surface area contributed by atoms with Crippen LogP contribution in [0.15, 0.2) is 58.8 Å². The maximum atomic E-state index is 12.4. The number of thiazole rings is 1. The van der Waals surface area contributed by atoms with E-state index in [9.17, 15) is 8.42 Å². The molecule has 2 aromatic carbocycles. The van der Waals surface area contributed by atoms with Gasteiger partial charge in [-0.3, -0.25) is 4.72 Å². The second kappa shape index (κ2) is 6.80. The molecule has 3 rings (SSSR count). The third kappa shape index (κ3) is 3.53. The molecule has 0 amide bonds. The molecule has 124 valence electrons. The Labute approximate surface area is 148 Å². The molecule has 8 heteroatoms. The molecule has 1 heterocycles. The van der Waals surface area contributed by atoms with Crippen LogP contribution in [0.5, 0.6) is 5.75 Å². The van der Waals surface area contributed by atoms with Crippen molar-refractivity contribution in [1.29, 1.82) is 0 Å². The van der Waals surface area contributed by atoms with Crippen LogP contribution >= 0.6 is 22.9 Å². The maximum Gasteiger partial charge on any atom is 0.263 e. The topological polar surface area (TPSA) is 68.3 Å². The Hall–Kier alpha value is -2.09. The van der Waals surface area contributed by atoms with E-state index in [0.29, 0.717) is 16.5 Å². The van der Waals surface area contributed by atoms with Crippen molar-refractivity contribution in [2.45, 2.75) is 4.90 Å². The van der Waals surface area contributed by atoms with Gasteiger partial charge in [0.25, 0.3) is 10.0 Å². The third-order valence-corrected chi connectivity index (χ3v) is 5.67.